The molecule has 9 heteroatoms. The monoisotopic (exact) mass is 568 g/mol. The second-order valence-corrected chi connectivity index (χ2v) is 8.38. The number of hydrogen-bond donors (Lipinski definition) is 1. The third kappa shape index (κ3) is 5.60. The SMILES string of the molecule is CCOc1cc(/C=N\Nc2ccc([N+](=O)[O-])cn2)cc(I)c1OCc1cccc2ccccc12. The van der Waals surface area contributed by atoms with E-state index in [0.717, 1.165) is 20.1 Å². The lowest BCUT2D eigenvalue weighted by Gasteiger charge is -2.15. The maximum atomic E-state index is 10.7. The van der Waals surface area contributed by atoms with Gasteiger partial charge in [0.2, 0.25) is 0 Å². The van der Waals surface area contributed by atoms with E-state index in [2.05, 4.69) is 62.4 Å². The molecule has 0 bridgehead atoms. The summed E-state index contributed by atoms with van der Waals surface area (Å²) in [6.45, 7) is 2.83. The van der Waals surface area contributed by atoms with E-state index in [1.807, 2.05) is 37.3 Å². The summed E-state index contributed by atoms with van der Waals surface area (Å²) in [5.74, 6) is 1.71. The molecule has 1 heterocycles. The maximum absolute atomic E-state index is 10.7. The van der Waals surface area contributed by atoms with Crippen LogP contribution in [0.3, 0.4) is 0 Å². The molecule has 1 N–H and O–H groups in total. The number of nitrogens with one attached hydrogen (secondary N) is 1. The largest absolute Gasteiger partial charge is 0.490 e. The van der Waals surface area contributed by atoms with Gasteiger partial charge in [0.1, 0.15) is 18.6 Å². The fourth-order valence-electron chi connectivity index (χ4n) is 3.37. The maximum Gasteiger partial charge on any atom is 0.287 e. The Labute approximate surface area is 209 Å². The lowest BCUT2D eigenvalue weighted by atomic mass is 10.1. The van der Waals surface area contributed by atoms with Crippen LogP contribution in [0.4, 0.5) is 11.5 Å². The second-order valence-electron chi connectivity index (χ2n) is 7.22. The lowest BCUT2D eigenvalue weighted by Crippen LogP contribution is -2.03. The molecular formula is C25H21IN4O4. The number of hydrogen-bond acceptors (Lipinski definition) is 7. The molecule has 0 radical (unpaired) electrons. The number of nitrogens with zero attached hydrogens (tertiary/aromatic N) is 3. The van der Waals surface area contributed by atoms with Gasteiger partial charge >= 0.3 is 0 Å². The predicted molar refractivity (Wildman–Crippen MR) is 141 cm³/mol. The van der Waals surface area contributed by atoms with Crippen LogP contribution in [0.5, 0.6) is 11.5 Å². The van der Waals surface area contributed by atoms with Crippen LogP contribution in [0.15, 0.2) is 78.0 Å². The topological polar surface area (TPSA) is 98.9 Å². The fraction of sp³-hybridized carbons (Fsp3) is 0.120. The highest BCUT2D eigenvalue weighted by molar-refractivity contribution is 14.1. The number of anilines is 1. The number of benzene rings is 3. The first kappa shape index (κ1) is 23.4. The minimum Gasteiger partial charge on any atom is -0.490 e. The number of fused-ring (bicyclic) bond motifs is 1. The Morgan fingerprint density at radius 2 is 1.94 bits per heavy atom. The van der Waals surface area contributed by atoms with Crippen LogP contribution in [0.2, 0.25) is 0 Å². The molecule has 0 saturated carbocycles. The van der Waals surface area contributed by atoms with E-state index in [1.165, 1.54) is 23.7 Å². The molecule has 0 aliphatic heterocycles. The van der Waals surface area contributed by atoms with E-state index in [1.54, 1.807) is 6.21 Å². The van der Waals surface area contributed by atoms with Crippen LogP contribution in [-0.4, -0.2) is 22.7 Å². The molecule has 4 aromatic rings. The quantitative estimate of drug-likeness (QED) is 0.112. The molecule has 0 fully saturated rings. The van der Waals surface area contributed by atoms with E-state index in [0.29, 0.717) is 30.5 Å². The van der Waals surface area contributed by atoms with Crippen LogP contribution >= 0.6 is 22.6 Å². The van der Waals surface area contributed by atoms with Crippen molar-refractivity contribution in [1.82, 2.24) is 4.98 Å². The van der Waals surface area contributed by atoms with Crippen molar-refractivity contribution >= 4 is 51.1 Å². The molecule has 0 amide bonds. The Kier molecular flexibility index (Phi) is 7.53. The minimum atomic E-state index is -0.499. The number of ether oxygens (including phenoxy) is 2. The van der Waals surface area contributed by atoms with Crippen molar-refractivity contribution in [2.24, 2.45) is 5.10 Å². The standard InChI is InChI=1S/C25H21IN4O4/c1-2-33-23-13-17(14-28-29-24-11-10-20(15-27-24)30(31)32)12-22(26)25(23)34-16-19-8-5-7-18-6-3-4-9-21(18)19/h3-15H,2,16H2,1H3,(H,27,29)/b28-14-. The highest BCUT2D eigenvalue weighted by atomic mass is 127. The molecule has 1 aromatic heterocycles. The summed E-state index contributed by atoms with van der Waals surface area (Å²) in [5, 5.41) is 17.2. The molecule has 0 atom stereocenters. The van der Waals surface area contributed by atoms with Gasteiger partial charge in [-0.3, -0.25) is 15.5 Å². The molecule has 0 aliphatic rings. The van der Waals surface area contributed by atoms with Crippen molar-refractivity contribution < 1.29 is 14.4 Å². The lowest BCUT2D eigenvalue weighted by molar-refractivity contribution is -0.385. The molecule has 34 heavy (non-hydrogen) atoms. The summed E-state index contributed by atoms with van der Waals surface area (Å²) >= 11 is 2.22. The second kappa shape index (κ2) is 10.9. The van der Waals surface area contributed by atoms with Crippen LogP contribution < -0.4 is 14.9 Å². The summed E-state index contributed by atoms with van der Waals surface area (Å²) in [6, 6.07) is 21.1. The molecular weight excluding hydrogens is 547 g/mol. The first-order valence-corrected chi connectivity index (χ1v) is 11.6. The zero-order valence-corrected chi connectivity index (χ0v) is 20.4. The average molecular weight is 568 g/mol. The number of aromatic nitrogens is 1. The van der Waals surface area contributed by atoms with Gasteiger partial charge in [0.25, 0.3) is 5.69 Å². The van der Waals surface area contributed by atoms with Gasteiger partial charge in [-0.05, 0) is 69.6 Å². The molecule has 0 aliphatic carbocycles. The van der Waals surface area contributed by atoms with Crippen molar-refractivity contribution in [1.29, 1.82) is 0 Å². The molecule has 0 saturated heterocycles. The van der Waals surface area contributed by atoms with Gasteiger partial charge in [0, 0.05) is 6.07 Å². The van der Waals surface area contributed by atoms with E-state index in [9.17, 15) is 10.1 Å². The molecule has 8 nitrogen and oxygen atoms in total. The Morgan fingerprint density at radius 3 is 2.71 bits per heavy atom. The number of rotatable bonds is 9. The zero-order chi connectivity index (χ0) is 23.9. The average Bonchev–Trinajstić information content (AvgIpc) is 2.84. The smallest absolute Gasteiger partial charge is 0.287 e. The summed E-state index contributed by atoms with van der Waals surface area (Å²) in [6.07, 6.45) is 2.80. The fourth-order valence-corrected chi connectivity index (χ4v) is 4.15. The van der Waals surface area contributed by atoms with Gasteiger partial charge < -0.3 is 9.47 Å². The summed E-state index contributed by atoms with van der Waals surface area (Å²) in [5.41, 5.74) is 4.59. The molecule has 3 aromatic carbocycles. The normalized spacial score (nSPS) is 11.0. The zero-order valence-electron chi connectivity index (χ0n) is 18.3. The summed E-state index contributed by atoms with van der Waals surface area (Å²) in [4.78, 5) is 14.2. The van der Waals surface area contributed by atoms with Crippen LogP contribution in [0.25, 0.3) is 10.8 Å². The molecule has 0 spiro atoms. The Hall–Kier alpha value is -3.73. The van der Waals surface area contributed by atoms with Crippen molar-refractivity contribution in [3.05, 3.63) is 97.7 Å². The van der Waals surface area contributed by atoms with Crippen LogP contribution in [0, 0.1) is 13.7 Å². The van der Waals surface area contributed by atoms with Gasteiger partial charge in [0.15, 0.2) is 11.5 Å². The van der Waals surface area contributed by atoms with Crippen LogP contribution in [-0.2, 0) is 6.61 Å². The third-order valence-electron chi connectivity index (χ3n) is 4.94. The van der Waals surface area contributed by atoms with Crippen molar-refractivity contribution in [3.8, 4) is 11.5 Å². The predicted octanol–water partition coefficient (Wildman–Crippen LogP) is 6.17. The van der Waals surface area contributed by atoms with Crippen LogP contribution in [0.1, 0.15) is 18.1 Å². The number of halogens is 1. The van der Waals surface area contributed by atoms with Crippen molar-refractivity contribution in [2.45, 2.75) is 13.5 Å². The Bertz CT molecular complexity index is 1340. The van der Waals surface area contributed by atoms with Gasteiger partial charge in [-0.1, -0.05) is 42.5 Å². The van der Waals surface area contributed by atoms with E-state index >= 15 is 0 Å². The van der Waals surface area contributed by atoms with Crippen molar-refractivity contribution in [2.75, 3.05) is 12.0 Å². The number of hydrazone groups is 1. The van der Waals surface area contributed by atoms with E-state index < -0.39 is 4.92 Å². The molecule has 172 valence electrons. The Balaban J connectivity index is 1.50. The van der Waals surface area contributed by atoms with Crippen molar-refractivity contribution in [3.63, 3.8) is 0 Å². The molecule has 0 unspecified atom stereocenters. The summed E-state index contributed by atoms with van der Waals surface area (Å²) in [7, 11) is 0. The van der Waals surface area contributed by atoms with Gasteiger partial charge in [0.05, 0.1) is 21.3 Å². The van der Waals surface area contributed by atoms with E-state index in [4.69, 9.17) is 9.47 Å². The number of nitro groups is 1. The third-order valence-corrected chi connectivity index (χ3v) is 5.74. The molecule has 4 rings (SSSR count). The first-order valence-electron chi connectivity index (χ1n) is 10.5. The summed E-state index contributed by atoms with van der Waals surface area (Å²) < 4.78 is 13.0. The highest BCUT2D eigenvalue weighted by Crippen LogP contribution is 2.35. The minimum absolute atomic E-state index is 0.0791. The van der Waals surface area contributed by atoms with E-state index in [-0.39, 0.29) is 5.69 Å². The number of pyridine rings is 1. The Morgan fingerprint density at radius 1 is 1.12 bits per heavy atom. The van der Waals surface area contributed by atoms with Gasteiger partial charge in [-0.25, -0.2) is 4.98 Å². The highest BCUT2D eigenvalue weighted by Gasteiger charge is 2.13. The van der Waals surface area contributed by atoms with Gasteiger partial charge in [-0.15, -0.1) is 0 Å². The van der Waals surface area contributed by atoms with Gasteiger partial charge in [-0.2, -0.15) is 5.10 Å². The first-order chi connectivity index (χ1) is 16.5.